The number of hydrogen-bond acceptors (Lipinski definition) is 2. The van der Waals surface area contributed by atoms with Gasteiger partial charge in [-0.1, -0.05) is 45.7 Å². The molecule has 0 atom stereocenters. The van der Waals surface area contributed by atoms with Crippen molar-refractivity contribution >= 4 is 49.2 Å². The van der Waals surface area contributed by atoms with E-state index in [1.54, 1.807) is 0 Å². The van der Waals surface area contributed by atoms with Gasteiger partial charge in [-0.25, -0.2) is 13.1 Å². The van der Waals surface area contributed by atoms with Gasteiger partial charge in [0.25, 0.3) is 0 Å². The molecule has 7 heteroatoms. The van der Waals surface area contributed by atoms with Gasteiger partial charge in [-0.15, -0.1) is 0 Å². The molecule has 88 valence electrons. The molecule has 0 aromatic heterocycles. The van der Waals surface area contributed by atoms with Gasteiger partial charge in [0.1, 0.15) is 0 Å². The molecule has 1 rings (SSSR count). The first-order valence-electron chi connectivity index (χ1n) is 4.11. The van der Waals surface area contributed by atoms with Crippen molar-refractivity contribution in [2.45, 2.75) is 4.90 Å². The van der Waals surface area contributed by atoms with Crippen LogP contribution in [0.1, 0.15) is 0 Å². The van der Waals surface area contributed by atoms with E-state index in [0.717, 1.165) is 0 Å². The van der Waals surface area contributed by atoms with Crippen LogP contribution in [0.2, 0.25) is 10.0 Å². The predicted molar refractivity (Wildman–Crippen MR) is 69.7 cm³/mol. The van der Waals surface area contributed by atoms with Gasteiger partial charge in [0.05, 0.1) is 14.9 Å². The average Bonchev–Trinajstić information content (AvgIpc) is 2.19. The van der Waals surface area contributed by atoms with Crippen LogP contribution >= 0.6 is 39.1 Å². The van der Waals surface area contributed by atoms with Crippen molar-refractivity contribution in [1.29, 1.82) is 0 Å². The number of nitrogens with one attached hydrogen (secondary N) is 1. The SMILES string of the molecule is C=C(Br)CNS(=O)(=O)c1ccc(Cl)c(Cl)c1. The van der Waals surface area contributed by atoms with Crippen molar-refractivity contribution < 1.29 is 8.42 Å². The second-order valence-corrected chi connectivity index (χ2v) is 6.62. The standard InChI is InChI=1S/C9H8BrCl2NO2S/c1-6(10)5-13-16(14,15)7-2-3-8(11)9(12)4-7/h2-4,13H,1,5H2. The molecule has 1 aromatic rings. The molecule has 16 heavy (non-hydrogen) atoms. The first kappa shape index (κ1) is 14.0. The van der Waals surface area contributed by atoms with Crippen molar-refractivity contribution in [3.05, 3.63) is 39.3 Å². The molecule has 0 amide bonds. The third-order valence-electron chi connectivity index (χ3n) is 1.66. The van der Waals surface area contributed by atoms with Gasteiger partial charge < -0.3 is 0 Å². The van der Waals surface area contributed by atoms with E-state index in [1.165, 1.54) is 18.2 Å². The third kappa shape index (κ3) is 3.75. The summed E-state index contributed by atoms with van der Waals surface area (Å²) in [5, 5.41) is 0.507. The lowest BCUT2D eigenvalue weighted by Crippen LogP contribution is -2.24. The molecule has 1 N–H and O–H groups in total. The van der Waals surface area contributed by atoms with E-state index in [4.69, 9.17) is 23.2 Å². The van der Waals surface area contributed by atoms with Gasteiger partial charge >= 0.3 is 0 Å². The molecule has 0 spiro atoms. The van der Waals surface area contributed by atoms with Crippen LogP contribution in [0, 0.1) is 0 Å². The summed E-state index contributed by atoms with van der Waals surface area (Å²) in [5.41, 5.74) is 0. The lowest BCUT2D eigenvalue weighted by molar-refractivity contribution is 0.585. The highest BCUT2D eigenvalue weighted by molar-refractivity contribution is 9.11. The fraction of sp³-hybridized carbons (Fsp3) is 0.111. The molecule has 0 aliphatic rings. The summed E-state index contributed by atoms with van der Waals surface area (Å²) in [5.74, 6) is 0. The van der Waals surface area contributed by atoms with Crippen molar-refractivity contribution in [3.63, 3.8) is 0 Å². The summed E-state index contributed by atoms with van der Waals surface area (Å²) in [6, 6.07) is 4.11. The maximum Gasteiger partial charge on any atom is 0.240 e. The van der Waals surface area contributed by atoms with Crippen LogP contribution in [0.15, 0.2) is 34.2 Å². The largest absolute Gasteiger partial charge is 0.240 e. The summed E-state index contributed by atoms with van der Waals surface area (Å²) >= 11 is 14.5. The minimum atomic E-state index is -3.58. The second kappa shape index (κ2) is 5.51. The Morgan fingerprint density at radius 2 is 2.00 bits per heavy atom. The van der Waals surface area contributed by atoms with Crippen LogP contribution in [0.3, 0.4) is 0 Å². The summed E-state index contributed by atoms with van der Waals surface area (Å²) in [7, 11) is -3.58. The van der Waals surface area contributed by atoms with Crippen LogP contribution in [0.4, 0.5) is 0 Å². The lowest BCUT2D eigenvalue weighted by Gasteiger charge is -2.06. The minimum absolute atomic E-state index is 0.0654. The zero-order valence-electron chi connectivity index (χ0n) is 8.00. The molecule has 1 aromatic carbocycles. The Morgan fingerprint density at radius 3 is 2.50 bits per heavy atom. The topological polar surface area (TPSA) is 46.2 Å². The molecule has 0 bridgehead atoms. The van der Waals surface area contributed by atoms with Crippen LogP contribution in [0.25, 0.3) is 0 Å². The van der Waals surface area contributed by atoms with Crippen LogP contribution in [0.5, 0.6) is 0 Å². The first-order chi connectivity index (χ1) is 7.33. The lowest BCUT2D eigenvalue weighted by atomic mass is 10.4. The maximum atomic E-state index is 11.7. The van der Waals surface area contributed by atoms with E-state index in [9.17, 15) is 8.42 Å². The summed E-state index contributed by atoms with van der Waals surface area (Å²) in [6.45, 7) is 3.64. The van der Waals surface area contributed by atoms with Crippen LogP contribution in [-0.2, 0) is 10.0 Å². The Hall–Kier alpha value is -0.0700. The average molecular weight is 345 g/mol. The molecule has 0 saturated carbocycles. The Balaban J connectivity index is 2.99. The number of sulfonamides is 1. The Labute approximate surface area is 113 Å². The van der Waals surface area contributed by atoms with Crippen molar-refractivity contribution in [2.75, 3.05) is 6.54 Å². The molecule has 0 unspecified atom stereocenters. The summed E-state index contributed by atoms with van der Waals surface area (Å²) in [4.78, 5) is 0.0654. The monoisotopic (exact) mass is 343 g/mol. The van der Waals surface area contributed by atoms with Gasteiger partial charge in [0.2, 0.25) is 10.0 Å². The van der Waals surface area contributed by atoms with E-state index in [0.29, 0.717) is 9.51 Å². The number of hydrogen-bond donors (Lipinski definition) is 1. The van der Waals surface area contributed by atoms with E-state index >= 15 is 0 Å². The van der Waals surface area contributed by atoms with E-state index in [1.807, 2.05) is 0 Å². The smallest absolute Gasteiger partial charge is 0.207 e. The zero-order valence-corrected chi connectivity index (χ0v) is 11.9. The zero-order chi connectivity index (χ0) is 12.3. The first-order valence-corrected chi connectivity index (χ1v) is 7.14. The minimum Gasteiger partial charge on any atom is -0.207 e. The summed E-state index contributed by atoms with van der Waals surface area (Å²) in [6.07, 6.45) is 0. The fourth-order valence-corrected chi connectivity index (χ4v) is 2.64. The van der Waals surface area contributed by atoms with Gasteiger partial charge in [0.15, 0.2) is 0 Å². The number of halogens is 3. The Bertz CT molecular complexity index is 516. The third-order valence-corrected chi connectivity index (χ3v) is 4.07. The molecule has 0 fully saturated rings. The normalized spacial score (nSPS) is 11.4. The second-order valence-electron chi connectivity index (χ2n) is 2.92. The highest BCUT2D eigenvalue weighted by Gasteiger charge is 2.14. The molecular formula is C9H8BrCl2NO2S. The van der Waals surface area contributed by atoms with Crippen LogP contribution in [-0.4, -0.2) is 15.0 Å². The predicted octanol–water partition coefficient (Wildman–Crippen LogP) is 3.18. The Kier molecular flexibility index (Phi) is 4.82. The quantitative estimate of drug-likeness (QED) is 0.911. The van der Waals surface area contributed by atoms with Gasteiger partial charge in [0, 0.05) is 11.0 Å². The molecule has 0 saturated heterocycles. The van der Waals surface area contributed by atoms with Crippen molar-refractivity contribution in [2.24, 2.45) is 0 Å². The van der Waals surface area contributed by atoms with E-state index in [-0.39, 0.29) is 16.5 Å². The fourth-order valence-electron chi connectivity index (χ4n) is 0.901. The molecular weight excluding hydrogens is 337 g/mol. The van der Waals surface area contributed by atoms with Gasteiger partial charge in [-0.05, 0) is 18.2 Å². The van der Waals surface area contributed by atoms with E-state index < -0.39 is 10.0 Å². The molecule has 0 aliphatic carbocycles. The molecule has 0 heterocycles. The van der Waals surface area contributed by atoms with E-state index in [2.05, 4.69) is 27.2 Å². The maximum absolute atomic E-state index is 11.7. The summed E-state index contributed by atoms with van der Waals surface area (Å²) < 4.78 is 26.3. The molecule has 3 nitrogen and oxygen atoms in total. The molecule has 0 radical (unpaired) electrons. The number of rotatable bonds is 4. The van der Waals surface area contributed by atoms with Crippen molar-refractivity contribution in [3.8, 4) is 0 Å². The van der Waals surface area contributed by atoms with Crippen LogP contribution < -0.4 is 4.72 Å². The highest BCUT2D eigenvalue weighted by Crippen LogP contribution is 2.24. The number of benzene rings is 1. The molecule has 0 aliphatic heterocycles. The van der Waals surface area contributed by atoms with Crippen molar-refractivity contribution in [1.82, 2.24) is 4.72 Å². The Morgan fingerprint density at radius 1 is 1.38 bits per heavy atom. The van der Waals surface area contributed by atoms with Gasteiger partial charge in [-0.3, -0.25) is 0 Å². The van der Waals surface area contributed by atoms with Gasteiger partial charge in [-0.2, -0.15) is 0 Å². The highest BCUT2D eigenvalue weighted by atomic mass is 79.9.